The van der Waals surface area contributed by atoms with E-state index in [1.165, 1.54) is 0 Å². The Hall–Kier alpha value is -2.94. The minimum atomic E-state index is -1.15. The molecule has 0 spiro atoms. The zero-order valence-corrected chi connectivity index (χ0v) is 12.8. The van der Waals surface area contributed by atoms with Crippen LogP contribution in [-0.2, 0) is 11.3 Å². The molecule has 1 atom stereocenters. The zero-order valence-electron chi connectivity index (χ0n) is 12.8. The number of hydrogen-bond acceptors (Lipinski definition) is 7. The Bertz CT molecular complexity index is 718. The van der Waals surface area contributed by atoms with Crippen molar-refractivity contribution in [2.75, 3.05) is 24.5 Å². The summed E-state index contributed by atoms with van der Waals surface area (Å²) in [6.45, 7) is 1.88. The molecule has 3 rings (SSSR count). The molecular weight excluding hydrogens is 314 g/mol. The van der Waals surface area contributed by atoms with E-state index in [0.717, 1.165) is 11.8 Å². The third-order valence-corrected chi connectivity index (χ3v) is 3.66. The van der Waals surface area contributed by atoms with Crippen LogP contribution in [-0.4, -0.2) is 52.6 Å². The van der Waals surface area contributed by atoms with Gasteiger partial charge < -0.3 is 25.1 Å². The number of carbonyl (C=O) groups excluding carboxylic acids is 1. The van der Waals surface area contributed by atoms with E-state index in [9.17, 15) is 9.59 Å². The van der Waals surface area contributed by atoms with Crippen LogP contribution in [0.2, 0.25) is 0 Å². The molecule has 126 valence electrons. The normalized spacial score (nSPS) is 17.5. The second-order valence-electron chi connectivity index (χ2n) is 5.35. The topological polar surface area (TPSA) is 121 Å². The van der Waals surface area contributed by atoms with Crippen molar-refractivity contribution in [3.8, 4) is 0 Å². The molecule has 2 aromatic heterocycles. The molecule has 1 saturated heterocycles. The third-order valence-electron chi connectivity index (χ3n) is 3.66. The first-order chi connectivity index (χ1) is 11.6. The van der Waals surface area contributed by atoms with E-state index < -0.39 is 12.0 Å². The van der Waals surface area contributed by atoms with Crippen LogP contribution >= 0.6 is 0 Å². The maximum absolute atomic E-state index is 12.3. The first kappa shape index (κ1) is 15.9. The van der Waals surface area contributed by atoms with Crippen LogP contribution < -0.4 is 15.5 Å². The van der Waals surface area contributed by atoms with Gasteiger partial charge in [0.25, 0.3) is 6.01 Å². The number of nitrogens with one attached hydrogen (secondary N) is 2. The Labute approximate surface area is 137 Å². The van der Waals surface area contributed by atoms with Gasteiger partial charge in [-0.2, -0.15) is 4.98 Å². The van der Waals surface area contributed by atoms with E-state index >= 15 is 0 Å². The van der Waals surface area contributed by atoms with Crippen LogP contribution in [0.25, 0.3) is 0 Å². The molecule has 1 aliphatic heterocycles. The van der Waals surface area contributed by atoms with E-state index in [-0.39, 0.29) is 17.6 Å². The van der Waals surface area contributed by atoms with Crippen LogP contribution in [0.5, 0.6) is 0 Å². The van der Waals surface area contributed by atoms with Crippen LogP contribution in [0.3, 0.4) is 0 Å². The van der Waals surface area contributed by atoms with Crippen molar-refractivity contribution >= 4 is 17.9 Å². The molecule has 0 aliphatic carbocycles. The van der Waals surface area contributed by atoms with Gasteiger partial charge >= 0.3 is 5.97 Å². The minimum absolute atomic E-state index is 0.145. The number of oxazole rings is 1. The Morgan fingerprint density at radius 1 is 1.50 bits per heavy atom. The average Bonchev–Trinajstić information content (AvgIpc) is 3.11. The molecule has 24 heavy (non-hydrogen) atoms. The van der Waals surface area contributed by atoms with Crippen molar-refractivity contribution in [3.63, 3.8) is 0 Å². The summed E-state index contributed by atoms with van der Waals surface area (Å²) in [6.07, 6.45) is 4.46. The molecule has 9 heteroatoms. The first-order valence-corrected chi connectivity index (χ1v) is 7.47. The highest BCUT2D eigenvalue weighted by Crippen LogP contribution is 2.15. The Balaban J connectivity index is 1.58. The standard InChI is InChI=1S/C15H17N5O4/c21-13(18-7-10-2-1-3-16-6-10)11-8-20(5-4-17-11)15-19-12(9-24-15)14(22)23/h1-3,6,9,11,17H,4-5,7-8H2,(H,18,21)(H,22,23)/t11-/m1/s1. The number of piperazine rings is 1. The molecule has 3 heterocycles. The summed E-state index contributed by atoms with van der Waals surface area (Å²) in [4.78, 5) is 32.8. The average molecular weight is 331 g/mol. The number of rotatable bonds is 5. The quantitative estimate of drug-likeness (QED) is 0.692. The second kappa shape index (κ2) is 7.09. The maximum Gasteiger partial charge on any atom is 0.357 e. The van der Waals surface area contributed by atoms with Gasteiger partial charge in [-0.3, -0.25) is 9.78 Å². The molecule has 0 aromatic carbocycles. The summed E-state index contributed by atoms with van der Waals surface area (Å²) in [5, 5.41) is 14.9. The second-order valence-corrected chi connectivity index (χ2v) is 5.35. The van der Waals surface area contributed by atoms with Crippen LogP contribution in [0.4, 0.5) is 6.01 Å². The van der Waals surface area contributed by atoms with Gasteiger partial charge in [0.1, 0.15) is 12.3 Å². The highest BCUT2D eigenvalue weighted by atomic mass is 16.4. The number of amides is 1. The van der Waals surface area contributed by atoms with Gasteiger partial charge in [-0.25, -0.2) is 4.79 Å². The lowest BCUT2D eigenvalue weighted by molar-refractivity contribution is -0.123. The fraction of sp³-hybridized carbons (Fsp3) is 0.333. The molecule has 0 radical (unpaired) electrons. The van der Waals surface area contributed by atoms with Gasteiger partial charge in [-0.05, 0) is 11.6 Å². The highest BCUT2D eigenvalue weighted by molar-refractivity contribution is 5.85. The van der Waals surface area contributed by atoms with E-state index in [0.29, 0.717) is 26.2 Å². The van der Waals surface area contributed by atoms with Gasteiger partial charge in [0, 0.05) is 38.6 Å². The van der Waals surface area contributed by atoms with Crippen molar-refractivity contribution in [1.29, 1.82) is 0 Å². The van der Waals surface area contributed by atoms with Crippen LogP contribution in [0.15, 0.2) is 35.2 Å². The zero-order chi connectivity index (χ0) is 16.9. The lowest BCUT2D eigenvalue weighted by Gasteiger charge is -2.31. The van der Waals surface area contributed by atoms with Crippen LogP contribution in [0.1, 0.15) is 16.1 Å². The SMILES string of the molecule is O=C(O)c1coc(N2CCN[C@@H](C(=O)NCc3cccnc3)C2)n1. The lowest BCUT2D eigenvalue weighted by atomic mass is 10.2. The number of carboxylic acids is 1. The number of carbonyl (C=O) groups is 2. The van der Waals surface area contributed by atoms with Gasteiger partial charge in [0.15, 0.2) is 5.69 Å². The number of aromatic carboxylic acids is 1. The van der Waals surface area contributed by atoms with Crippen molar-refractivity contribution in [1.82, 2.24) is 20.6 Å². The number of nitrogens with zero attached hydrogens (tertiary/aromatic N) is 3. The maximum atomic E-state index is 12.3. The van der Waals surface area contributed by atoms with Gasteiger partial charge in [0.05, 0.1) is 0 Å². The molecule has 3 N–H and O–H groups in total. The molecule has 1 fully saturated rings. The summed E-state index contributed by atoms with van der Waals surface area (Å²) in [5.41, 5.74) is 0.762. The molecule has 0 saturated carbocycles. The van der Waals surface area contributed by atoms with Crippen molar-refractivity contribution in [2.45, 2.75) is 12.6 Å². The number of hydrogen-bond donors (Lipinski definition) is 3. The molecule has 2 aromatic rings. The molecule has 1 aliphatic rings. The fourth-order valence-corrected chi connectivity index (χ4v) is 2.42. The van der Waals surface area contributed by atoms with E-state index in [4.69, 9.17) is 9.52 Å². The third kappa shape index (κ3) is 3.69. The minimum Gasteiger partial charge on any atom is -0.476 e. The predicted octanol–water partition coefficient (Wildman–Crippen LogP) is -0.138. The summed E-state index contributed by atoms with van der Waals surface area (Å²) < 4.78 is 5.19. The fourth-order valence-electron chi connectivity index (χ4n) is 2.42. The molecule has 0 unspecified atom stereocenters. The van der Waals surface area contributed by atoms with Gasteiger partial charge in [0.2, 0.25) is 5.91 Å². The van der Waals surface area contributed by atoms with E-state index in [2.05, 4.69) is 20.6 Å². The molecule has 0 bridgehead atoms. The molecule has 9 nitrogen and oxygen atoms in total. The summed E-state index contributed by atoms with van der Waals surface area (Å²) >= 11 is 0. The van der Waals surface area contributed by atoms with E-state index in [1.807, 2.05) is 12.1 Å². The number of carboxylic acid groups (broad SMARTS) is 1. The monoisotopic (exact) mass is 331 g/mol. The van der Waals surface area contributed by atoms with E-state index in [1.54, 1.807) is 17.3 Å². The largest absolute Gasteiger partial charge is 0.476 e. The Kier molecular flexibility index (Phi) is 4.71. The molecule has 1 amide bonds. The first-order valence-electron chi connectivity index (χ1n) is 7.47. The molecular formula is C15H17N5O4. The van der Waals surface area contributed by atoms with Crippen molar-refractivity contribution in [2.24, 2.45) is 0 Å². The number of anilines is 1. The summed E-state index contributed by atoms with van der Waals surface area (Å²) in [6, 6.07) is 3.47. The number of aromatic nitrogens is 2. The highest BCUT2D eigenvalue weighted by Gasteiger charge is 2.28. The smallest absolute Gasteiger partial charge is 0.357 e. The predicted molar refractivity (Wildman–Crippen MR) is 83.5 cm³/mol. The summed E-state index contributed by atoms with van der Waals surface area (Å²) in [5.74, 6) is -1.29. The number of pyridine rings is 1. The Morgan fingerprint density at radius 2 is 2.38 bits per heavy atom. The summed E-state index contributed by atoms with van der Waals surface area (Å²) in [7, 11) is 0. The van der Waals surface area contributed by atoms with Gasteiger partial charge in [-0.15, -0.1) is 0 Å². The Morgan fingerprint density at radius 3 is 3.08 bits per heavy atom. The van der Waals surface area contributed by atoms with Gasteiger partial charge in [-0.1, -0.05) is 6.07 Å². The lowest BCUT2D eigenvalue weighted by Crippen LogP contribution is -2.57. The van der Waals surface area contributed by atoms with Crippen molar-refractivity contribution < 1.29 is 19.1 Å². The van der Waals surface area contributed by atoms with Crippen molar-refractivity contribution in [3.05, 3.63) is 42.0 Å². The van der Waals surface area contributed by atoms with Crippen LogP contribution in [0, 0.1) is 0 Å².